The third-order valence-electron chi connectivity index (χ3n) is 2.21. The van der Waals surface area contributed by atoms with Gasteiger partial charge >= 0.3 is 0 Å². The molecule has 14 heavy (non-hydrogen) atoms. The van der Waals surface area contributed by atoms with Gasteiger partial charge in [-0.15, -0.1) is 0 Å². The molecule has 1 heterocycles. The van der Waals surface area contributed by atoms with Crippen molar-refractivity contribution in [2.24, 2.45) is 0 Å². The first-order chi connectivity index (χ1) is 6.72. The van der Waals surface area contributed by atoms with Crippen molar-refractivity contribution < 1.29 is 15.3 Å². The monoisotopic (exact) mass is 193 g/mol. The van der Waals surface area contributed by atoms with E-state index in [9.17, 15) is 10.2 Å². The van der Waals surface area contributed by atoms with E-state index in [2.05, 4.69) is 0 Å². The van der Waals surface area contributed by atoms with Crippen LogP contribution >= 0.6 is 0 Å². The molecule has 0 radical (unpaired) electrons. The second-order valence-electron chi connectivity index (χ2n) is 3.13. The molecule has 0 fully saturated rings. The van der Waals surface area contributed by atoms with E-state index in [1.165, 1.54) is 12.1 Å². The summed E-state index contributed by atoms with van der Waals surface area (Å²) in [5, 5.41) is 28.2. The summed E-state index contributed by atoms with van der Waals surface area (Å²) in [4.78, 5) is 0. The van der Waals surface area contributed by atoms with Gasteiger partial charge in [-0.2, -0.15) is 0 Å². The van der Waals surface area contributed by atoms with Crippen LogP contribution in [0.25, 0.3) is 10.9 Å². The second kappa shape index (κ2) is 3.23. The molecular formula is C10H11NO3. The van der Waals surface area contributed by atoms with Crippen molar-refractivity contribution in [3.05, 3.63) is 24.4 Å². The molecule has 4 heteroatoms. The Labute approximate surface area is 80.6 Å². The quantitative estimate of drug-likeness (QED) is 0.624. The van der Waals surface area contributed by atoms with Gasteiger partial charge in [0.05, 0.1) is 12.1 Å². The third-order valence-corrected chi connectivity index (χ3v) is 2.21. The Kier molecular flexibility index (Phi) is 2.05. The number of phenolic OH excluding ortho intramolecular Hbond substituents is 2. The topological polar surface area (TPSA) is 65.6 Å². The van der Waals surface area contributed by atoms with Crippen molar-refractivity contribution in [1.82, 2.24) is 4.57 Å². The molecule has 0 amide bonds. The molecule has 4 nitrogen and oxygen atoms in total. The summed E-state index contributed by atoms with van der Waals surface area (Å²) >= 11 is 0. The summed E-state index contributed by atoms with van der Waals surface area (Å²) in [6, 6.07) is 4.81. The number of phenols is 2. The Bertz CT molecular complexity index is 462. The van der Waals surface area contributed by atoms with E-state index in [0.29, 0.717) is 6.54 Å². The molecule has 0 bridgehead atoms. The van der Waals surface area contributed by atoms with Crippen molar-refractivity contribution in [3.8, 4) is 11.5 Å². The highest BCUT2D eigenvalue weighted by Crippen LogP contribution is 2.30. The van der Waals surface area contributed by atoms with Gasteiger partial charge in [0.25, 0.3) is 0 Å². The summed E-state index contributed by atoms with van der Waals surface area (Å²) in [5.74, 6) is -0.269. The lowest BCUT2D eigenvalue weighted by atomic mass is 10.2. The average Bonchev–Trinajstić information content (AvgIpc) is 2.51. The van der Waals surface area contributed by atoms with Crippen LogP contribution in [0.5, 0.6) is 11.5 Å². The molecule has 1 aromatic heterocycles. The van der Waals surface area contributed by atoms with Crippen LogP contribution in [0.3, 0.4) is 0 Å². The maximum atomic E-state index is 9.30. The minimum atomic E-state index is -0.143. The van der Waals surface area contributed by atoms with Gasteiger partial charge in [-0.1, -0.05) is 0 Å². The molecule has 3 N–H and O–H groups in total. The number of hydrogen-bond donors (Lipinski definition) is 3. The van der Waals surface area contributed by atoms with Crippen molar-refractivity contribution in [2.75, 3.05) is 6.61 Å². The fraction of sp³-hybridized carbons (Fsp3) is 0.200. The van der Waals surface area contributed by atoms with Crippen LogP contribution in [0.1, 0.15) is 0 Å². The van der Waals surface area contributed by atoms with E-state index >= 15 is 0 Å². The van der Waals surface area contributed by atoms with Crippen LogP contribution in [-0.2, 0) is 6.54 Å². The number of fused-ring (bicyclic) bond motifs is 1. The van der Waals surface area contributed by atoms with E-state index in [4.69, 9.17) is 5.11 Å². The summed E-state index contributed by atoms with van der Waals surface area (Å²) < 4.78 is 1.81. The normalized spacial score (nSPS) is 10.9. The van der Waals surface area contributed by atoms with E-state index < -0.39 is 0 Å². The summed E-state index contributed by atoms with van der Waals surface area (Å²) in [7, 11) is 0. The molecule has 2 rings (SSSR count). The highest BCUT2D eigenvalue weighted by molar-refractivity contribution is 5.83. The lowest BCUT2D eigenvalue weighted by molar-refractivity contribution is 0.278. The third kappa shape index (κ3) is 1.29. The average molecular weight is 193 g/mol. The smallest absolute Gasteiger partial charge is 0.159 e. The SMILES string of the molecule is OCCn1ccc2cc(O)c(O)cc21. The molecule has 0 saturated carbocycles. The number of aromatic nitrogens is 1. The zero-order valence-corrected chi connectivity index (χ0v) is 7.51. The van der Waals surface area contributed by atoms with E-state index in [1.54, 1.807) is 6.20 Å². The molecule has 0 aliphatic carbocycles. The molecule has 0 spiro atoms. The maximum Gasteiger partial charge on any atom is 0.159 e. The lowest BCUT2D eigenvalue weighted by Gasteiger charge is -2.03. The zero-order valence-electron chi connectivity index (χ0n) is 7.51. The second-order valence-corrected chi connectivity index (χ2v) is 3.13. The fourth-order valence-electron chi connectivity index (χ4n) is 1.52. The first kappa shape index (κ1) is 8.90. The van der Waals surface area contributed by atoms with Gasteiger partial charge in [0.15, 0.2) is 11.5 Å². The minimum Gasteiger partial charge on any atom is -0.504 e. The van der Waals surface area contributed by atoms with Crippen molar-refractivity contribution >= 4 is 10.9 Å². The molecule has 74 valence electrons. The van der Waals surface area contributed by atoms with Crippen LogP contribution in [0.15, 0.2) is 24.4 Å². The number of benzene rings is 1. The van der Waals surface area contributed by atoms with E-state index in [1.807, 2.05) is 10.6 Å². The maximum absolute atomic E-state index is 9.30. The van der Waals surface area contributed by atoms with Gasteiger partial charge < -0.3 is 19.9 Å². The summed E-state index contributed by atoms with van der Waals surface area (Å²) in [6.07, 6.45) is 1.81. The highest BCUT2D eigenvalue weighted by Gasteiger charge is 2.05. The molecule has 1 aromatic carbocycles. The van der Waals surface area contributed by atoms with Crippen molar-refractivity contribution in [2.45, 2.75) is 6.54 Å². The predicted molar refractivity (Wildman–Crippen MR) is 52.4 cm³/mol. The minimum absolute atomic E-state index is 0.0470. The largest absolute Gasteiger partial charge is 0.504 e. The van der Waals surface area contributed by atoms with Crippen LogP contribution in [0.4, 0.5) is 0 Å². The van der Waals surface area contributed by atoms with Gasteiger partial charge in [-0.05, 0) is 12.1 Å². The number of aromatic hydroxyl groups is 2. The van der Waals surface area contributed by atoms with Crippen molar-refractivity contribution in [3.63, 3.8) is 0 Å². The Morgan fingerprint density at radius 2 is 1.86 bits per heavy atom. The number of hydrogen-bond acceptors (Lipinski definition) is 3. The van der Waals surface area contributed by atoms with Gasteiger partial charge in [0.2, 0.25) is 0 Å². The van der Waals surface area contributed by atoms with E-state index in [-0.39, 0.29) is 18.1 Å². The zero-order chi connectivity index (χ0) is 10.1. The van der Waals surface area contributed by atoms with Crippen LogP contribution in [0, 0.1) is 0 Å². The van der Waals surface area contributed by atoms with Crippen molar-refractivity contribution in [1.29, 1.82) is 0 Å². The first-order valence-corrected chi connectivity index (χ1v) is 4.34. The lowest BCUT2D eigenvalue weighted by Crippen LogP contribution is -1.99. The van der Waals surface area contributed by atoms with Gasteiger partial charge in [-0.3, -0.25) is 0 Å². The number of aliphatic hydroxyl groups is 1. The fourth-order valence-corrected chi connectivity index (χ4v) is 1.52. The van der Waals surface area contributed by atoms with Gasteiger partial charge in [0.1, 0.15) is 0 Å². The molecule has 0 atom stereocenters. The Hall–Kier alpha value is -1.68. The predicted octanol–water partition coefficient (Wildman–Crippen LogP) is 1.04. The molecule has 0 aliphatic rings. The van der Waals surface area contributed by atoms with Gasteiger partial charge in [-0.25, -0.2) is 0 Å². The Balaban J connectivity index is 2.61. The number of aliphatic hydroxyl groups excluding tert-OH is 1. The molecular weight excluding hydrogens is 182 g/mol. The van der Waals surface area contributed by atoms with Gasteiger partial charge in [0, 0.05) is 24.2 Å². The van der Waals surface area contributed by atoms with Crippen LogP contribution < -0.4 is 0 Å². The molecule has 0 aliphatic heterocycles. The van der Waals surface area contributed by atoms with Crippen LogP contribution in [0.2, 0.25) is 0 Å². The Morgan fingerprint density at radius 3 is 2.57 bits per heavy atom. The molecule has 0 saturated heterocycles. The molecule has 0 unspecified atom stereocenters. The number of nitrogens with zero attached hydrogens (tertiary/aromatic N) is 1. The van der Waals surface area contributed by atoms with E-state index in [0.717, 1.165) is 10.9 Å². The molecule has 2 aromatic rings. The highest BCUT2D eigenvalue weighted by atomic mass is 16.3. The summed E-state index contributed by atoms with van der Waals surface area (Å²) in [6.45, 7) is 0.527. The van der Waals surface area contributed by atoms with Crippen LogP contribution in [-0.4, -0.2) is 26.5 Å². The Morgan fingerprint density at radius 1 is 1.14 bits per heavy atom. The number of rotatable bonds is 2. The standard InChI is InChI=1S/C10H11NO3/c12-4-3-11-2-1-7-5-9(13)10(14)6-8(7)11/h1-2,5-6,12-14H,3-4H2. The first-order valence-electron chi connectivity index (χ1n) is 4.34. The summed E-state index contributed by atoms with van der Waals surface area (Å²) in [5.41, 5.74) is 0.800.